The predicted molar refractivity (Wildman–Crippen MR) is 297 cm³/mol. The van der Waals surface area contributed by atoms with E-state index in [9.17, 15) is 38.3 Å². The number of aliphatic hydroxyl groups excluding tert-OH is 2. The van der Waals surface area contributed by atoms with Crippen molar-refractivity contribution >= 4 is 56.6 Å². The van der Waals surface area contributed by atoms with Crippen molar-refractivity contribution in [2.75, 3.05) is 84.6 Å². The minimum atomic E-state index is -4.54. The van der Waals surface area contributed by atoms with Crippen molar-refractivity contribution in [3.8, 4) is 34.1 Å². The number of amides is 2. The molecule has 19 heteroatoms. The standard InChI is InChI=1S/C56H63ClN8O8S2/c1-61(2)29-25-46(39-74-48-11-5-4-6-12-48)59-51-24-23-49(36-52(51)65(70)71)75(72,73)60-55(68)43-17-15-40(16-18-43)13-14-41-9-7-10-44(35-41)53-50(42-19-21-45(57)22-20-42)37-64(30-26-47(67)38-66)54(53)56(69)58-27-8-28-63-33-31-62(3)32-34-63/h4-7,9-12,15-24,35-37,46-47,59,66-67H,8,25-34,38-39H2,1-3H3,(H,58,69)(H,60,68)/t46-,47+/m1/s1. The normalized spacial score (nSPS) is 13.9. The molecule has 0 radical (unpaired) electrons. The molecular weight excluding hydrogens is 1010 g/mol. The van der Waals surface area contributed by atoms with Gasteiger partial charge in [-0.2, -0.15) is 0 Å². The summed E-state index contributed by atoms with van der Waals surface area (Å²) in [6.07, 6.45) is 2.55. The van der Waals surface area contributed by atoms with E-state index >= 15 is 0 Å². The summed E-state index contributed by atoms with van der Waals surface area (Å²) < 4.78 is 30.9. The highest BCUT2D eigenvalue weighted by atomic mass is 35.5. The predicted octanol–water partition coefficient (Wildman–Crippen LogP) is 7.54. The molecule has 5 N–H and O–H groups in total. The molecule has 2 heterocycles. The fourth-order valence-electron chi connectivity index (χ4n) is 8.49. The largest absolute Gasteiger partial charge is 0.394 e. The molecule has 0 spiro atoms. The van der Waals surface area contributed by atoms with Crippen molar-refractivity contribution in [3.63, 3.8) is 0 Å². The summed E-state index contributed by atoms with van der Waals surface area (Å²) in [6, 6.07) is 34.0. The zero-order valence-corrected chi connectivity index (χ0v) is 44.6. The number of likely N-dealkylation sites (N-methyl/N-ethyl adjacent to an activating group) is 1. The molecule has 394 valence electrons. The number of nitro benzene ring substituents is 1. The van der Waals surface area contributed by atoms with Gasteiger partial charge < -0.3 is 40.1 Å². The van der Waals surface area contributed by atoms with Crippen molar-refractivity contribution in [1.29, 1.82) is 0 Å². The van der Waals surface area contributed by atoms with Crippen LogP contribution in [0.5, 0.6) is 0 Å². The van der Waals surface area contributed by atoms with Crippen molar-refractivity contribution in [2.45, 2.75) is 47.7 Å². The van der Waals surface area contributed by atoms with E-state index in [2.05, 4.69) is 39.3 Å². The van der Waals surface area contributed by atoms with Gasteiger partial charge in [0.1, 0.15) is 11.4 Å². The molecule has 5 aromatic carbocycles. The number of nitrogens with one attached hydrogen (secondary N) is 3. The Hall–Kier alpha value is -6.53. The smallest absolute Gasteiger partial charge is 0.293 e. The SMILES string of the molecule is CN(C)CC[C@H](CSc1ccccc1)Nc1ccc(S(=O)(=O)NC(=O)c2ccc(C#Cc3cccc(-c4c(-c5ccc(Cl)cc5)cn(CC[C@H](O)CO)c4C(=O)NCCCN4CCN(C)CC4)c3)cc2)cc1[N+](=O)[O-]. The van der Waals surface area contributed by atoms with Crippen LogP contribution in [0.25, 0.3) is 22.3 Å². The fourth-order valence-corrected chi connectivity index (χ4v) is 10.6. The highest BCUT2D eigenvalue weighted by molar-refractivity contribution is 7.99. The van der Waals surface area contributed by atoms with Crippen LogP contribution in [-0.2, 0) is 16.6 Å². The molecule has 1 saturated heterocycles. The lowest BCUT2D eigenvalue weighted by atomic mass is 9.95. The highest BCUT2D eigenvalue weighted by Crippen LogP contribution is 2.38. The number of hydrogen-bond acceptors (Lipinski definition) is 13. The average molecular weight is 1080 g/mol. The Kier molecular flexibility index (Phi) is 20.1. The number of aryl methyl sites for hydroxylation is 1. The first-order chi connectivity index (χ1) is 36.1. The molecule has 0 aliphatic carbocycles. The zero-order chi connectivity index (χ0) is 53.5. The monoisotopic (exact) mass is 1070 g/mol. The van der Waals surface area contributed by atoms with Crippen LogP contribution in [0.2, 0.25) is 5.02 Å². The van der Waals surface area contributed by atoms with E-state index in [1.165, 1.54) is 24.3 Å². The zero-order valence-electron chi connectivity index (χ0n) is 42.2. The summed E-state index contributed by atoms with van der Waals surface area (Å²) in [5.74, 6) is 5.68. The molecular formula is C56H63ClN8O8S2. The number of thioether (sulfide) groups is 1. The van der Waals surface area contributed by atoms with E-state index in [1.807, 2.05) is 101 Å². The number of nitrogens with zero attached hydrogens (tertiary/aromatic N) is 5. The lowest BCUT2D eigenvalue weighted by Gasteiger charge is -2.32. The van der Waals surface area contributed by atoms with Gasteiger partial charge in [0.25, 0.3) is 27.5 Å². The summed E-state index contributed by atoms with van der Waals surface area (Å²) in [5.41, 5.74) is 4.22. The lowest BCUT2D eigenvalue weighted by molar-refractivity contribution is -0.384. The summed E-state index contributed by atoms with van der Waals surface area (Å²) in [5, 5.41) is 39.3. The topological polar surface area (TPSA) is 203 Å². The van der Waals surface area contributed by atoms with Gasteiger partial charge >= 0.3 is 0 Å². The van der Waals surface area contributed by atoms with Gasteiger partial charge in [0.15, 0.2) is 0 Å². The van der Waals surface area contributed by atoms with Gasteiger partial charge in [-0.15, -0.1) is 11.8 Å². The summed E-state index contributed by atoms with van der Waals surface area (Å²) in [6.45, 7) is 5.83. The molecule has 0 unspecified atom stereocenters. The number of rotatable bonds is 23. The van der Waals surface area contributed by atoms with Gasteiger partial charge in [-0.1, -0.05) is 65.9 Å². The number of anilines is 1. The summed E-state index contributed by atoms with van der Waals surface area (Å²) in [4.78, 5) is 46.7. The van der Waals surface area contributed by atoms with Gasteiger partial charge in [0, 0.05) is 101 Å². The number of hydrogen-bond donors (Lipinski definition) is 5. The van der Waals surface area contributed by atoms with Crippen molar-refractivity contribution < 1.29 is 33.1 Å². The van der Waals surface area contributed by atoms with E-state index in [0.717, 1.165) is 61.2 Å². The number of carbonyl (C=O) groups excluding carboxylic acids is 2. The number of aromatic nitrogens is 1. The number of piperazine rings is 1. The van der Waals surface area contributed by atoms with Crippen molar-refractivity contribution in [2.24, 2.45) is 0 Å². The summed E-state index contributed by atoms with van der Waals surface area (Å²) >= 11 is 7.92. The van der Waals surface area contributed by atoms with Crippen LogP contribution in [0.1, 0.15) is 51.2 Å². The number of carbonyl (C=O) groups is 2. The highest BCUT2D eigenvalue weighted by Gasteiger charge is 2.27. The average Bonchev–Trinajstić information content (AvgIpc) is 3.80. The maximum absolute atomic E-state index is 14.4. The van der Waals surface area contributed by atoms with Crippen LogP contribution >= 0.6 is 23.4 Å². The maximum Gasteiger partial charge on any atom is 0.293 e. The van der Waals surface area contributed by atoms with Gasteiger partial charge in [-0.3, -0.25) is 19.7 Å². The molecule has 0 bridgehead atoms. The number of benzene rings is 5. The Labute approximate surface area is 448 Å². The Bertz CT molecular complexity index is 3080. The molecule has 0 saturated carbocycles. The van der Waals surface area contributed by atoms with E-state index in [-0.39, 0.29) is 36.2 Å². The first kappa shape index (κ1) is 56.2. The molecule has 1 aromatic heterocycles. The molecule has 6 aromatic rings. The van der Waals surface area contributed by atoms with E-state index in [4.69, 9.17) is 11.6 Å². The third-order valence-electron chi connectivity index (χ3n) is 12.7. The van der Waals surface area contributed by atoms with Crippen LogP contribution < -0.4 is 15.4 Å². The molecule has 2 amide bonds. The molecule has 1 aliphatic heterocycles. The van der Waals surface area contributed by atoms with E-state index in [0.29, 0.717) is 58.2 Å². The Morgan fingerprint density at radius 3 is 2.27 bits per heavy atom. The second kappa shape index (κ2) is 26.8. The molecule has 7 rings (SSSR count). The number of aliphatic hydroxyl groups is 2. The van der Waals surface area contributed by atoms with E-state index in [1.54, 1.807) is 36.0 Å². The van der Waals surface area contributed by atoms with Crippen LogP contribution in [-0.4, -0.2) is 146 Å². The second-order valence-electron chi connectivity index (χ2n) is 18.7. The van der Waals surface area contributed by atoms with Gasteiger partial charge in [0.2, 0.25) is 0 Å². The quantitative estimate of drug-likeness (QED) is 0.0139. The number of sulfonamides is 1. The van der Waals surface area contributed by atoms with Crippen LogP contribution in [0.4, 0.5) is 11.4 Å². The molecule has 75 heavy (non-hydrogen) atoms. The Balaban J connectivity index is 1.08. The van der Waals surface area contributed by atoms with Crippen molar-refractivity contribution in [3.05, 3.63) is 165 Å². The Morgan fingerprint density at radius 1 is 0.853 bits per heavy atom. The summed E-state index contributed by atoms with van der Waals surface area (Å²) in [7, 11) is 1.46. The van der Waals surface area contributed by atoms with Gasteiger partial charge in [-0.05, 0) is 137 Å². The molecule has 1 fully saturated rings. The molecule has 1 aliphatic rings. The minimum Gasteiger partial charge on any atom is -0.394 e. The van der Waals surface area contributed by atoms with Gasteiger partial charge in [0.05, 0.1) is 22.5 Å². The maximum atomic E-state index is 14.4. The lowest BCUT2D eigenvalue weighted by Crippen LogP contribution is -2.45. The Morgan fingerprint density at radius 2 is 1.57 bits per heavy atom. The second-order valence-corrected chi connectivity index (χ2v) is 21.9. The number of halogens is 1. The van der Waals surface area contributed by atoms with Crippen LogP contribution in [0, 0.1) is 22.0 Å². The van der Waals surface area contributed by atoms with Crippen LogP contribution in [0.15, 0.2) is 137 Å². The third-order valence-corrected chi connectivity index (χ3v) is 15.5. The molecule has 2 atom stereocenters. The third kappa shape index (κ3) is 16.0. The minimum absolute atomic E-state index is 0.0226. The van der Waals surface area contributed by atoms with E-state index < -0.39 is 44.1 Å². The van der Waals surface area contributed by atoms with Crippen LogP contribution in [0.3, 0.4) is 0 Å². The van der Waals surface area contributed by atoms with Crippen molar-refractivity contribution in [1.82, 2.24) is 29.3 Å². The molecule has 16 nitrogen and oxygen atoms in total. The first-order valence-corrected chi connectivity index (χ1v) is 27.6. The fraction of sp³-hybridized carbons (Fsp3) is 0.321. The first-order valence-electron chi connectivity index (χ1n) is 24.7. The number of nitro groups is 1. The van der Waals surface area contributed by atoms with Gasteiger partial charge in [-0.25, -0.2) is 13.1 Å².